The number of hydrogen-bond acceptors (Lipinski definition) is 5. The van der Waals surface area contributed by atoms with E-state index in [0.717, 1.165) is 5.76 Å². The molecule has 3 rings (SSSR count). The quantitative estimate of drug-likeness (QED) is 0.618. The summed E-state index contributed by atoms with van der Waals surface area (Å²) in [6, 6.07) is 3.64. The molecule has 0 saturated carbocycles. The fourth-order valence-electron chi connectivity index (χ4n) is 2.25. The van der Waals surface area contributed by atoms with Crippen LogP contribution in [0, 0.1) is 12.7 Å². The first-order valence-corrected chi connectivity index (χ1v) is 9.11. The number of nitrogens with one attached hydrogen (secondary N) is 2. The Morgan fingerprint density at radius 3 is 2.54 bits per heavy atom. The molecule has 0 aliphatic heterocycles. The number of aromatic amines is 1. The highest BCUT2D eigenvalue weighted by Gasteiger charge is 2.17. The van der Waals surface area contributed by atoms with Gasteiger partial charge in [0.25, 0.3) is 0 Å². The highest BCUT2D eigenvalue weighted by Crippen LogP contribution is 2.26. The van der Waals surface area contributed by atoms with Gasteiger partial charge in [-0.2, -0.15) is 0 Å². The molecule has 0 aromatic carbocycles. The number of fused-ring (bicyclic) bond motifs is 1. The van der Waals surface area contributed by atoms with Gasteiger partial charge in [0.05, 0.1) is 23.9 Å². The van der Waals surface area contributed by atoms with Crippen LogP contribution in [0.5, 0.6) is 0 Å². The zero-order valence-corrected chi connectivity index (χ0v) is 16.3. The van der Waals surface area contributed by atoms with Gasteiger partial charge in [-0.05, 0) is 25.6 Å². The molecular formula is C19H30FN5O. The third-order valence-electron chi connectivity index (χ3n) is 3.18. The molecule has 0 unspecified atom stereocenters. The van der Waals surface area contributed by atoms with Gasteiger partial charge in [0.2, 0.25) is 0 Å². The van der Waals surface area contributed by atoms with Crippen molar-refractivity contribution in [3.8, 4) is 0 Å². The van der Waals surface area contributed by atoms with Gasteiger partial charge in [-0.25, -0.2) is 14.4 Å². The monoisotopic (exact) mass is 363 g/mol. The zero-order valence-electron chi connectivity index (χ0n) is 16.3. The van der Waals surface area contributed by atoms with Crippen molar-refractivity contribution in [1.29, 1.82) is 0 Å². The van der Waals surface area contributed by atoms with Gasteiger partial charge in [-0.1, -0.05) is 34.1 Å². The smallest absolute Gasteiger partial charge is 0.157 e. The summed E-state index contributed by atoms with van der Waals surface area (Å²) >= 11 is 0. The third-order valence-corrected chi connectivity index (χ3v) is 3.18. The number of aryl methyl sites for hydroxylation is 1. The van der Waals surface area contributed by atoms with Gasteiger partial charge < -0.3 is 20.5 Å². The van der Waals surface area contributed by atoms with Crippen molar-refractivity contribution in [1.82, 2.24) is 15.0 Å². The molecule has 0 aliphatic carbocycles. The standard InChI is InChI=1S/C14H16FN5O.C3H8.C2H6/c1-8-18-13(17-7-9-3-2-6-21-9)11-12(15)10(4-5-16)20-14(11)19-8;1-3-2;1-2/h2-3,6H,4-5,7,16H2,1H3,(H2,17,18,19,20);3H2,1-2H3;1-2H3. The van der Waals surface area contributed by atoms with Crippen LogP contribution in [0.2, 0.25) is 0 Å². The predicted octanol–water partition coefficient (Wildman–Crippen LogP) is 4.55. The second-order valence-electron chi connectivity index (χ2n) is 5.44. The van der Waals surface area contributed by atoms with Crippen LogP contribution < -0.4 is 11.1 Å². The molecule has 4 N–H and O–H groups in total. The Morgan fingerprint density at radius 2 is 1.96 bits per heavy atom. The molecule has 0 bridgehead atoms. The van der Waals surface area contributed by atoms with E-state index in [-0.39, 0.29) is 5.82 Å². The first-order valence-electron chi connectivity index (χ1n) is 9.11. The van der Waals surface area contributed by atoms with E-state index < -0.39 is 0 Å². The summed E-state index contributed by atoms with van der Waals surface area (Å²) in [5.74, 6) is 1.41. The highest BCUT2D eigenvalue weighted by atomic mass is 19.1. The van der Waals surface area contributed by atoms with Crippen molar-refractivity contribution >= 4 is 16.9 Å². The van der Waals surface area contributed by atoms with Crippen LogP contribution in [0.3, 0.4) is 0 Å². The summed E-state index contributed by atoms with van der Waals surface area (Å²) in [4.78, 5) is 11.5. The molecule has 0 aliphatic rings. The maximum atomic E-state index is 14.4. The van der Waals surface area contributed by atoms with Crippen LogP contribution in [-0.2, 0) is 13.0 Å². The molecule has 144 valence electrons. The molecule has 3 aromatic rings. The molecule has 0 saturated heterocycles. The lowest BCUT2D eigenvalue weighted by Gasteiger charge is -2.06. The largest absolute Gasteiger partial charge is 0.467 e. The van der Waals surface area contributed by atoms with Crippen LogP contribution in [0.4, 0.5) is 10.2 Å². The van der Waals surface area contributed by atoms with Gasteiger partial charge in [0.15, 0.2) is 5.82 Å². The Morgan fingerprint density at radius 1 is 1.27 bits per heavy atom. The summed E-state index contributed by atoms with van der Waals surface area (Å²) in [6.45, 7) is 10.8. The van der Waals surface area contributed by atoms with E-state index in [4.69, 9.17) is 10.2 Å². The van der Waals surface area contributed by atoms with Crippen molar-refractivity contribution in [2.45, 2.75) is 54.0 Å². The zero-order chi connectivity index (χ0) is 19.5. The van der Waals surface area contributed by atoms with Gasteiger partial charge in [0, 0.05) is 6.42 Å². The summed E-state index contributed by atoms with van der Waals surface area (Å²) < 4.78 is 19.7. The second-order valence-corrected chi connectivity index (χ2v) is 5.44. The van der Waals surface area contributed by atoms with Crippen molar-refractivity contribution in [3.63, 3.8) is 0 Å². The Balaban J connectivity index is 0.000000615. The van der Waals surface area contributed by atoms with E-state index in [9.17, 15) is 4.39 Å². The van der Waals surface area contributed by atoms with E-state index in [2.05, 4.69) is 34.1 Å². The first-order chi connectivity index (χ1) is 12.6. The number of aromatic nitrogens is 3. The van der Waals surface area contributed by atoms with Crippen molar-refractivity contribution in [3.05, 3.63) is 41.5 Å². The van der Waals surface area contributed by atoms with Gasteiger partial charge >= 0.3 is 0 Å². The number of furan rings is 1. The summed E-state index contributed by atoms with van der Waals surface area (Å²) in [5.41, 5.74) is 6.42. The van der Waals surface area contributed by atoms with Gasteiger partial charge in [-0.3, -0.25) is 0 Å². The van der Waals surface area contributed by atoms with Crippen LogP contribution in [0.1, 0.15) is 51.4 Å². The fourth-order valence-corrected chi connectivity index (χ4v) is 2.25. The highest BCUT2D eigenvalue weighted by molar-refractivity contribution is 5.88. The second kappa shape index (κ2) is 11.3. The van der Waals surface area contributed by atoms with Crippen LogP contribution in [0.15, 0.2) is 22.8 Å². The lowest BCUT2D eigenvalue weighted by atomic mass is 10.2. The Labute approximate surface area is 154 Å². The average Bonchev–Trinajstić information content (AvgIpc) is 3.24. The minimum atomic E-state index is -0.350. The lowest BCUT2D eigenvalue weighted by Crippen LogP contribution is -2.04. The molecule has 0 atom stereocenters. The van der Waals surface area contributed by atoms with E-state index in [1.54, 1.807) is 19.3 Å². The molecule has 26 heavy (non-hydrogen) atoms. The molecule has 0 spiro atoms. The minimum Gasteiger partial charge on any atom is -0.467 e. The molecule has 0 radical (unpaired) electrons. The maximum Gasteiger partial charge on any atom is 0.157 e. The topological polar surface area (TPSA) is 92.8 Å². The SMILES string of the molecule is CC.CCC.Cc1nc(NCc2ccco2)c2c(F)c(CCN)[nH]c2n1. The molecule has 3 heterocycles. The summed E-state index contributed by atoms with van der Waals surface area (Å²) in [7, 11) is 0. The molecular weight excluding hydrogens is 333 g/mol. The fraction of sp³-hybridized carbons (Fsp3) is 0.474. The minimum absolute atomic E-state index is 0.350. The summed E-state index contributed by atoms with van der Waals surface area (Å²) in [5, 5.41) is 3.45. The number of nitrogens with zero attached hydrogens (tertiary/aromatic N) is 2. The van der Waals surface area contributed by atoms with Crippen LogP contribution >= 0.6 is 0 Å². The van der Waals surface area contributed by atoms with E-state index >= 15 is 0 Å². The van der Waals surface area contributed by atoms with E-state index in [1.165, 1.54) is 6.42 Å². The van der Waals surface area contributed by atoms with Gasteiger partial charge in [0.1, 0.15) is 23.0 Å². The Hall–Kier alpha value is -2.41. The van der Waals surface area contributed by atoms with Crippen LogP contribution in [-0.4, -0.2) is 21.5 Å². The number of hydrogen-bond donors (Lipinski definition) is 3. The van der Waals surface area contributed by atoms with Crippen molar-refractivity contribution in [2.75, 3.05) is 11.9 Å². The van der Waals surface area contributed by atoms with Crippen LogP contribution in [0.25, 0.3) is 11.0 Å². The number of halogens is 1. The average molecular weight is 363 g/mol. The predicted molar refractivity (Wildman–Crippen MR) is 105 cm³/mol. The lowest BCUT2D eigenvalue weighted by molar-refractivity contribution is 0.518. The normalized spacial score (nSPS) is 9.96. The molecule has 0 amide bonds. The molecule has 6 nitrogen and oxygen atoms in total. The Kier molecular flexibility index (Phi) is 9.36. The Bertz CT molecular complexity index is 768. The summed E-state index contributed by atoms with van der Waals surface area (Å²) in [6.07, 6.45) is 3.27. The number of rotatable bonds is 5. The van der Waals surface area contributed by atoms with E-state index in [1.807, 2.05) is 19.9 Å². The van der Waals surface area contributed by atoms with E-state index in [0.29, 0.717) is 47.9 Å². The number of nitrogens with two attached hydrogens (primary N) is 1. The van der Waals surface area contributed by atoms with Gasteiger partial charge in [-0.15, -0.1) is 0 Å². The molecule has 0 fully saturated rings. The van der Waals surface area contributed by atoms with Crippen molar-refractivity contribution in [2.24, 2.45) is 5.73 Å². The number of H-pyrrole nitrogens is 1. The third kappa shape index (κ3) is 5.56. The number of anilines is 1. The molecule has 3 aromatic heterocycles. The van der Waals surface area contributed by atoms with Crippen molar-refractivity contribution < 1.29 is 8.81 Å². The first kappa shape index (κ1) is 21.6. The maximum absolute atomic E-state index is 14.4. The molecule has 7 heteroatoms.